The van der Waals surface area contributed by atoms with Crippen molar-refractivity contribution in [2.45, 2.75) is 0 Å². The molecule has 0 saturated heterocycles. The SMILES string of the molecule is Ic1ccc(I)c(-c2cc(I)ncc2I)c1. The summed E-state index contributed by atoms with van der Waals surface area (Å²) in [6.45, 7) is 0. The monoisotopic (exact) mass is 659 g/mol. The molecule has 0 aliphatic heterocycles. The number of rotatable bonds is 1. The third kappa shape index (κ3) is 3.19. The summed E-state index contributed by atoms with van der Waals surface area (Å²) in [5.41, 5.74) is 2.56. The van der Waals surface area contributed by atoms with Crippen LogP contribution in [0.25, 0.3) is 11.1 Å². The average Bonchev–Trinajstić information content (AvgIpc) is 2.25. The highest BCUT2D eigenvalue weighted by Gasteiger charge is 2.08. The maximum absolute atomic E-state index is 4.29. The third-order valence-electron chi connectivity index (χ3n) is 2.04. The number of aromatic nitrogens is 1. The Morgan fingerprint density at radius 1 is 0.812 bits per heavy atom. The minimum absolute atomic E-state index is 1.03. The van der Waals surface area contributed by atoms with Gasteiger partial charge < -0.3 is 0 Å². The molecular formula is C11H5I4N. The van der Waals surface area contributed by atoms with Gasteiger partial charge in [0.25, 0.3) is 0 Å². The van der Waals surface area contributed by atoms with Crippen molar-refractivity contribution in [1.29, 1.82) is 0 Å². The lowest BCUT2D eigenvalue weighted by Crippen LogP contribution is -1.91. The van der Waals surface area contributed by atoms with Crippen molar-refractivity contribution < 1.29 is 0 Å². The predicted molar refractivity (Wildman–Crippen MR) is 101 cm³/mol. The number of halogens is 4. The molecule has 0 unspecified atom stereocenters. The lowest BCUT2D eigenvalue weighted by atomic mass is 10.1. The van der Waals surface area contributed by atoms with Crippen LogP contribution in [-0.2, 0) is 0 Å². The van der Waals surface area contributed by atoms with E-state index in [4.69, 9.17) is 0 Å². The van der Waals surface area contributed by atoms with Crippen molar-refractivity contribution in [3.63, 3.8) is 0 Å². The fraction of sp³-hybridized carbons (Fsp3) is 0. The van der Waals surface area contributed by atoms with Crippen LogP contribution in [0.5, 0.6) is 0 Å². The molecule has 0 atom stereocenters. The molecule has 1 heterocycles. The van der Waals surface area contributed by atoms with E-state index in [1.807, 2.05) is 6.20 Å². The Kier molecular flexibility index (Phi) is 5.10. The van der Waals surface area contributed by atoms with Crippen LogP contribution in [0.2, 0.25) is 0 Å². The molecule has 0 spiro atoms. The Labute approximate surface area is 149 Å². The Balaban J connectivity index is 2.66. The molecule has 0 aliphatic rings. The zero-order valence-corrected chi connectivity index (χ0v) is 16.5. The molecule has 82 valence electrons. The molecule has 16 heavy (non-hydrogen) atoms. The molecule has 0 saturated carbocycles. The predicted octanol–water partition coefficient (Wildman–Crippen LogP) is 5.17. The van der Waals surface area contributed by atoms with Crippen molar-refractivity contribution in [1.82, 2.24) is 4.98 Å². The molecule has 0 N–H and O–H groups in total. The van der Waals surface area contributed by atoms with E-state index in [0.29, 0.717) is 0 Å². The zero-order valence-electron chi connectivity index (χ0n) is 7.85. The van der Waals surface area contributed by atoms with Crippen LogP contribution in [-0.4, -0.2) is 4.98 Å². The lowest BCUT2D eigenvalue weighted by molar-refractivity contribution is 1.25. The van der Waals surface area contributed by atoms with Crippen LogP contribution in [0, 0.1) is 14.4 Å². The molecule has 0 aliphatic carbocycles. The summed E-state index contributed by atoms with van der Waals surface area (Å²) in [5, 5.41) is 0. The molecule has 0 radical (unpaired) electrons. The topological polar surface area (TPSA) is 12.9 Å². The van der Waals surface area contributed by atoms with E-state index < -0.39 is 0 Å². The van der Waals surface area contributed by atoms with Gasteiger partial charge in [0.05, 0.1) is 0 Å². The quantitative estimate of drug-likeness (QED) is 0.305. The molecule has 2 rings (SSSR count). The fourth-order valence-electron chi connectivity index (χ4n) is 1.32. The van der Waals surface area contributed by atoms with Crippen LogP contribution < -0.4 is 0 Å². The number of nitrogens with zero attached hydrogens (tertiary/aromatic N) is 1. The minimum atomic E-state index is 1.03. The molecule has 0 fully saturated rings. The lowest BCUT2D eigenvalue weighted by Gasteiger charge is -2.08. The number of hydrogen-bond donors (Lipinski definition) is 0. The zero-order chi connectivity index (χ0) is 11.7. The number of benzene rings is 1. The normalized spacial score (nSPS) is 10.5. The Hall–Kier alpha value is 1.29. The summed E-state index contributed by atoms with van der Waals surface area (Å²) < 4.78 is 4.76. The van der Waals surface area contributed by atoms with Gasteiger partial charge in [-0.15, -0.1) is 0 Å². The van der Waals surface area contributed by atoms with Crippen molar-refractivity contribution >= 4 is 90.4 Å². The molecule has 1 nitrogen and oxygen atoms in total. The van der Waals surface area contributed by atoms with E-state index in [9.17, 15) is 0 Å². The van der Waals surface area contributed by atoms with E-state index >= 15 is 0 Å². The van der Waals surface area contributed by atoms with Gasteiger partial charge in [0.2, 0.25) is 0 Å². The standard InChI is InChI=1S/C11H5I4N/c12-6-1-2-9(13)7(3-6)8-4-11(15)16-5-10(8)14/h1-5H. The van der Waals surface area contributed by atoms with Crippen molar-refractivity contribution in [3.05, 3.63) is 44.9 Å². The van der Waals surface area contributed by atoms with E-state index in [1.54, 1.807) is 0 Å². The second-order valence-electron chi connectivity index (χ2n) is 3.11. The Bertz CT molecular complexity index is 490. The molecule has 0 bridgehead atoms. The molecule has 1 aromatic heterocycles. The van der Waals surface area contributed by atoms with Gasteiger partial charge in [-0.3, -0.25) is 0 Å². The summed E-state index contributed by atoms with van der Waals surface area (Å²) >= 11 is 9.31. The maximum atomic E-state index is 4.29. The fourth-order valence-corrected chi connectivity index (χ4v) is 3.48. The number of pyridine rings is 1. The smallest absolute Gasteiger partial charge is 0.102 e. The average molecular weight is 659 g/mol. The van der Waals surface area contributed by atoms with Gasteiger partial charge in [0.1, 0.15) is 3.70 Å². The van der Waals surface area contributed by atoms with E-state index in [1.165, 1.54) is 21.8 Å². The highest BCUT2D eigenvalue weighted by Crippen LogP contribution is 2.31. The molecule has 5 heteroatoms. The van der Waals surface area contributed by atoms with Crippen molar-refractivity contribution in [3.8, 4) is 11.1 Å². The number of hydrogen-bond acceptors (Lipinski definition) is 1. The van der Waals surface area contributed by atoms with Crippen LogP contribution >= 0.6 is 90.4 Å². The first kappa shape index (κ1) is 13.7. The molecule has 0 amide bonds. The maximum Gasteiger partial charge on any atom is 0.102 e. The van der Waals surface area contributed by atoms with Crippen LogP contribution in [0.3, 0.4) is 0 Å². The molecule has 2 aromatic rings. The molecule has 1 aromatic carbocycles. The van der Waals surface area contributed by atoms with E-state index in [2.05, 4.69) is 120 Å². The van der Waals surface area contributed by atoms with E-state index in [-0.39, 0.29) is 0 Å². The van der Waals surface area contributed by atoms with Crippen LogP contribution in [0.4, 0.5) is 0 Å². The first-order valence-corrected chi connectivity index (χ1v) is 8.66. The van der Waals surface area contributed by atoms with Crippen molar-refractivity contribution in [2.75, 3.05) is 0 Å². The summed E-state index contributed by atoms with van der Waals surface area (Å²) in [4.78, 5) is 4.29. The van der Waals surface area contributed by atoms with Gasteiger partial charge >= 0.3 is 0 Å². The second-order valence-corrected chi connectivity index (χ2v) is 7.79. The molecular weight excluding hydrogens is 654 g/mol. The van der Waals surface area contributed by atoms with Gasteiger partial charge in [-0.25, -0.2) is 4.98 Å². The Morgan fingerprint density at radius 3 is 2.25 bits per heavy atom. The summed E-state index contributed by atoms with van der Waals surface area (Å²) in [7, 11) is 0. The highest BCUT2D eigenvalue weighted by atomic mass is 127. The van der Waals surface area contributed by atoms with Gasteiger partial charge in [-0.2, -0.15) is 0 Å². The first-order valence-electron chi connectivity index (χ1n) is 4.34. The van der Waals surface area contributed by atoms with Crippen LogP contribution in [0.15, 0.2) is 30.5 Å². The largest absolute Gasteiger partial charge is 0.249 e. The summed E-state index contributed by atoms with van der Waals surface area (Å²) in [6.07, 6.45) is 1.92. The van der Waals surface area contributed by atoms with Crippen LogP contribution in [0.1, 0.15) is 0 Å². The Morgan fingerprint density at radius 2 is 1.50 bits per heavy atom. The van der Waals surface area contributed by atoms with E-state index in [0.717, 1.165) is 3.70 Å². The minimum Gasteiger partial charge on any atom is -0.249 e. The summed E-state index contributed by atoms with van der Waals surface area (Å²) in [5.74, 6) is 0. The third-order valence-corrected chi connectivity index (χ3v) is 5.10. The van der Waals surface area contributed by atoms with Gasteiger partial charge in [0, 0.05) is 22.5 Å². The highest BCUT2D eigenvalue weighted by molar-refractivity contribution is 14.1. The van der Waals surface area contributed by atoms with Gasteiger partial charge in [-0.1, -0.05) is 0 Å². The first-order chi connectivity index (χ1) is 7.58. The second kappa shape index (κ2) is 5.95. The van der Waals surface area contributed by atoms with Crippen molar-refractivity contribution in [2.24, 2.45) is 0 Å². The van der Waals surface area contributed by atoms with Gasteiger partial charge in [0.15, 0.2) is 0 Å². The summed E-state index contributed by atoms with van der Waals surface area (Å²) in [6, 6.07) is 8.64. The van der Waals surface area contributed by atoms with Gasteiger partial charge in [-0.05, 0) is 120 Å².